The topological polar surface area (TPSA) is 51.9 Å². The molecule has 1 aliphatic heterocycles. The third-order valence-electron chi connectivity index (χ3n) is 3.65. The lowest BCUT2D eigenvalue weighted by Gasteiger charge is -2.17. The first-order valence-corrected chi connectivity index (χ1v) is 7.17. The molecular weight excluding hydrogens is 268 g/mol. The van der Waals surface area contributed by atoms with Crippen LogP contribution in [0.15, 0.2) is 24.3 Å². The summed E-state index contributed by atoms with van der Waals surface area (Å²) in [6.45, 7) is 10.5. The Balaban J connectivity index is 1.94. The summed E-state index contributed by atoms with van der Waals surface area (Å²) in [5.41, 5.74) is 1.16. The Morgan fingerprint density at radius 2 is 2.14 bits per heavy atom. The molecule has 112 valence electrons. The molecule has 0 radical (unpaired) electrons. The van der Waals surface area contributed by atoms with Crippen molar-refractivity contribution >= 4 is 5.97 Å². The lowest BCUT2D eigenvalue weighted by molar-refractivity contribution is -0.148. The molecule has 0 saturated carbocycles. The van der Waals surface area contributed by atoms with Crippen LogP contribution in [0.5, 0.6) is 5.75 Å². The van der Waals surface area contributed by atoms with Crippen LogP contribution in [0.3, 0.4) is 0 Å². The van der Waals surface area contributed by atoms with Gasteiger partial charge in [-0.2, -0.15) is 0 Å². The Bertz CT molecular complexity index is 507. The molecule has 1 aromatic carbocycles. The zero-order valence-electron chi connectivity index (χ0n) is 12.2. The second-order valence-electron chi connectivity index (χ2n) is 5.06. The maximum absolute atomic E-state index is 11.9. The lowest BCUT2D eigenvalue weighted by atomic mass is 9.90. The molecule has 5 nitrogen and oxygen atoms in total. The number of rotatable bonds is 6. The molecule has 0 unspecified atom stereocenters. The number of esters is 1. The second-order valence-corrected chi connectivity index (χ2v) is 5.06. The Morgan fingerprint density at radius 3 is 2.81 bits per heavy atom. The van der Waals surface area contributed by atoms with Crippen molar-refractivity contribution in [2.75, 3.05) is 26.4 Å². The van der Waals surface area contributed by atoms with E-state index in [0.29, 0.717) is 18.9 Å². The molecule has 0 aromatic heterocycles. The average molecular weight is 288 g/mol. The number of benzene rings is 1. The Morgan fingerprint density at radius 1 is 1.38 bits per heavy atom. The molecule has 0 spiro atoms. The van der Waals surface area contributed by atoms with Gasteiger partial charge < -0.3 is 14.8 Å². The molecule has 1 aliphatic rings. The maximum atomic E-state index is 11.9. The molecule has 1 aromatic rings. The van der Waals surface area contributed by atoms with Crippen molar-refractivity contribution in [3.05, 3.63) is 41.2 Å². The van der Waals surface area contributed by atoms with Crippen molar-refractivity contribution in [2.45, 2.75) is 13.3 Å². The highest BCUT2D eigenvalue weighted by Gasteiger charge is 2.33. The zero-order valence-corrected chi connectivity index (χ0v) is 12.2. The van der Waals surface area contributed by atoms with E-state index < -0.39 is 0 Å². The van der Waals surface area contributed by atoms with Crippen LogP contribution in [0, 0.1) is 18.4 Å². The highest BCUT2D eigenvalue weighted by molar-refractivity contribution is 5.73. The van der Waals surface area contributed by atoms with Crippen LogP contribution in [0.2, 0.25) is 0 Å². The van der Waals surface area contributed by atoms with Crippen LogP contribution in [0.4, 0.5) is 0 Å². The molecule has 2 atom stereocenters. The van der Waals surface area contributed by atoms with Gasteiger partial charge in [-0.15, -0.1) is 0 Å². The minimum atomic E-state index is -0.107. The SMILES string of the molecule is [C-]#[N+]COc1ccc(C[C@@H]2CNC[C@@H]2C(=O)OCC)cc1. The summed E-state index contributed by atoms with van der Waals surface area (Å²) >= 11 is 0. The summed E-state index contributed by atoms with van der Waals surface area (Å²) in [6.07, 6.45) is 0.833. The summed E-state index contributed by atoms with van der Waals surface area (Å²) in [7, 11) is 0. The molecule has 0 aliphatic carbocycles. The van der Waals surface area contributed by atoms with Crippen molar-refractivity contribution in [1.82, 2.24) is 5.32 Å². The normalized spacial score (nSPS) is 20.8. The number of ether oxygens (including phenoxy) is 2. The summed E-state index contributed by atoms with van der Waals surface area (Å²) in [4.78, 5) is 15.1. The van der Waals surface area contributed by atoms with Crippen LogP contribution >= 0.6 is 0 Å². The zero-order chi connectivity index (χ0) is 15.1. The number of hydrogen-bond donors (Lipinski definition) is 1. The number of carbonyl (C=O) groups excluding carboxylic acids is 1. The Kier molecular flexibility index (Phi) is 5.59. The molecule has 1 saturated heterocycles. The fraction of sp³-hybridized carbons (Fsp3) is 0.500. The molecule has 0 amide bonds. The first-order chi connectivity index (χ1) is 10.2. The molecule has 2 rings (SSSR count). The van der Waals surface area contributed by atoms with E-state index in [1.165, 1.54) is 0 Å². The van der Waals surface area contributed by atoms with Crippen molar-refractivity contribution in [1.29, 1.82) is 0 Å². The standard InChI is InChI=1S/C16H20N2O3/c1-3-20-16(19)15-10-18-9-13(15)8-12-4-6-14(7-5-12)21-11-17-2/h4-7,13,15,18H,3,8-11H2,1H3/t13-,15+/m1/s1. The predicted molar refractivity (Wildman–Crippen MR) is 78.7 cm³/mol. The Hall–Kier alpha value is -2.06. The summed E-state index contributed by atoms with van der Waals surface area (Å²) in [6, 6.07) is 7.70. The van der Waals surface area contributed by atoms with E-state index in [4.69, 9.17) is 16.0 Å². The van der Waals surface area contributed by atoms with Crippen LogP contribution in [-0.2, 0) is 16.0 Å². The van der Waals surface area contributed by atoms with Gasteiger partial charge in [0.25, 0.3) is 0 Å². The van der Waals surface area contributed by atoms with E-state index in [1.807, 2.05) is 31.2 Å². The van der Waals surface area contributed by atoms with E-state index >= 15 is 0 Å². The van der Waals surface area contributed by atoms with Crippen LogP contribution in [0.25, 0.3) is 4.85 Å². The van der Waals surface area contributed by atoms with Gasteiger partial charge in [-0.3, -0.25) is 9.64 Å². The number of nitrogens with one attached hydrogen (secondary N) is 1. The van der Waals surface area contributed by atoms with Gasteiger partial charge >= 0.3 is 12.7 Å². The smallest absolute Gasteiger partial charge is 0.357 e. The quantitative estimate of drug-likeness (QED) is 0.641. The van der Waals surface area contributed by atoms with E-state index in [9.17, 15) is 4.79 Å². The third kappa shape index (κ3) is 4.20. The van der Waals surface area contributed by atoms with Crippen molar-refractivity contribution in [3.8, 4) is 5.75 Å². The van der Waals surface area contributed by atoms with Gasteiger partial charge in [0.1, 0.15) is 5.75 Å². The summed E-state index contributed by atoms with van der Waals surface area (Å²) in [5.74, 6) is 0.785. The average Bonchev–Trinajstić information content (AvgIpc) is 2.95. The highest BCUT2D eigenvalue weighted by Crippen LogP contribution is 2.24. The van der Waals surface area contributed by atoms with Crippen LogP contribution in [0.1, 0.15) is 12.5 Å². The van der Waals surface area contributed by atoms with Crippen LogP contribution < -0.4 is 10.1 Å². The summed E-state index contributed by atoms with van der Waals surface area (Å²) in [5, 5.41) is 3.26. The van der Waals surface area contributed by atoms with E-state index in [0.717, 1.165) is 18.5 Å². The van der Waals surface area contributed by atoms with E-state index in [1.54, 1.807) is 0 Å². The van der Waals surface area contributed by atoms with Gasteiger partial charge in [-0.25, -0.2) is 6.57 Å². The number of nitrogens with zero attached hydrogens (tertiary/aromatic N) is 1. The van der Waals surface area contributed by atoms with E-state index in [2.05, 4.69) is 10.2 Å². The lowest BCUT2D eigenvalue weighted by Crippen LogP contribution is -2.26. The molecule has 21 heavy (non-hydrogen) atoms. The van der Waals surface area contributed by atoms with Gasteiger partial charge in [0, 0.05) is 6.54 Å². The van der Waals surface area contributed by atoms with Gasteiger partial charge in [0.05, 0.1) is 12.5 Å². The minimum Gasteiger partial charge on any atom is -0.466 e. The third-order valence-corrected chi connectivity index (χ3v) is 3.65. The fourth-order valence-electron chi connectivity index (χ4n) is 2.60. The van der Waals surface area contributed by atoms with Crippen molar-refractivity contribution in [2.24, 2.45) is 11.8 Å². The number of hydrogen-bond acceptors (Lipinski definition) is 4. The largest absolute Gasteiger partial charge is 0.466 e. The first-order valence-electron chi connectivity index (χ1n) is 7.17. The fourth-order valence-corrected chi connectivity index (χ4v) is 2.60. The van der Waals surface area contributed by atoms with Gasteiger partial charge in [0.2, 0.25) is 0 Å². The molecule has 0 bridgehead atoms. The first kappa shape index (κ1) is 15.3. The van der Waals surface area contributed by atoms with Crippen molar-refractivity contribution in [3.63, 3.8) is 0 Å². The van der Waals surface area contributed by atoms with Crippen molar-refractivity contribution < 1.29 is 14.3 Å². The second kappa shape index (κ2) is 7.65. The van der Waals surface area contributed by atoms with E-state index in [-0.39, 0.29) is 24.5 Å². The predicted octanol–water partition coefficient (Wildman–Crippen LogP) is 1.88. The van der Waals surface area contributed by atoms with Gasteiger partial charge in [-0.1, -0.05) is 12.1 Å². The van der Waals surface area contributed by atoms with Gasteiger partial charge in [-0.05, 0) is 43.5 Å². The van der Waals surface area contributed by atoms with Gasteiger partial charge in [0.15, 0.2) is 0 Å². The number of carbonyl (C=O) groups is 1. The monoisotopic (exact) mass is 288 g/mol. The maximum Gasteiger partial charge on any atom is 0.357 e. The van der Waals surface area contributed by atoms with Crippen LogP contribution in [-0.4, -0.2) is 32.4 Å². The molecule has 5 heteroatoms. The molecule has 1 N–H and O–H groups in total. The summed E-state index contributed by atoms with van der Waals surface area (Å²) < 4.78 is 10.4. The molecule has 1 fully saturated rings. The minimum absolute atomic E-state index is 0.0385. The highest BCUT2D eigenvalue weighted by atomic mass is 16.5. The Labute approximate surface area is 125 Å². The molecular formula is C16H20N2O3. The molecule has 1 heterocycles.